The molecule has 0 aliphatic carbocycles. The van der Waals surface area contributed by atoms with Crippen LogP contribution in [0, 0.1) is 0 Å². The molecule has 2 aromatic heterocycles. The molecule has 3 heterocycles. The summed E-state index contributed by atoms with van der Waals surface area (Å²) in [7, 11) is 0. The Hall–Kier alpha value is -3.76. The van der Waals surface area contributed by atoms with Gasteiger partial charge < -0.3 is 25.4 Å². The molecule has 1 aliphatic heterocycles. The third kappa shape index (κ3) is 5.24. The van der Waals surface area contributed by atoms with E-state index in [9.17, 15) is 19.5 Å². The first-order chi connectivity index (χ1) is 16.5. The van der Waals surface area contributed by atoms with Gasteiger partial charge in [0, 0.05) is 12.7 Å². The van der Waals surface area contributed by atoms with E-state index in [1.54, 1.807) is 23.3 Å². The van der Waals surface area contributed by atoms with Crippen LogP contribution in [-0.2, 0) is 27.3 Å². The summed E-state index contributed by atoms with van der Waals surface area (Å²) >= 11 is 0. The molecule has 178 valence electrons. The van der Waals surface area contributed by atoms with Crippen molar-refractivity contribution in [1.29, 1.82) is 0 Å². The molecule has 0 spiro atoms. The molecule has 0 saturated carbocycles. The highest BCUT2D eigenvalue weighted by Crippen LogP contribution is 2.25. The Morgan fingerprint density at radius 3 is 2.82 bits per heavy atom. The van der Waals surface area contributed by atoms with E-state index < -0.39 is 18.1 Å². The molecule has 4 rings (SSSR count). The molecule has 2 atom stereocenters. The lowest BCUT2D eigenvalue weighted by Crippen LogP contribution is -2.57. The Morgan fingerprint density at radius 1 is 1.32 bits per heavy atom. The monoisotopic (exact) mass is 465 g/mol. The van der Waals surface area contributed by atoms with Gasteiger partial charge in [-0.15, -0.1) is 0 Å². The summed E-state index contributed by atoms with van der Waals surface area (Å²) in [4.78, 5) is 40.7. The molecule has 1 amide bonds. The number of hydrogen-bond donors (Lipinski definition) is 3. The molecule has 10 heteroatoms. The molecule has 3 aromatic rings. The van der Waals surface area contributed by atoms with Crippen molar-refractivity contribution in [1.82, 2.24) is 20.3 Å². The number of carboxylic acids is 1. The molecule has 0 bridgehead atoms. The fourth-order valence-electron chi connectivity index (χ4n) is 4.36. The summed E-state index contributed by atoms with van der Waals surface area (Å²) < 4.78 is 5.73. The Bertz CT molecular complexity index is 1170. The number of carboxylic acid groups (broad SMARTS) is 1. The van der Waals surface area contributed by atoms with Crippen molar-refractivity contribution in [2.24, 2.45) is 0 Å². The van der Waals surface area contributed by atoms with Gasteiger partial charge in [0.25, 0.3) is 0 Å². The third-order valence-corrected chi connectivity index (χ3v) is 5.95. The number of rotatable bonds is 10. The van der Waals surface area contributed by atoms with Crippen LogP contribution in [0.5, 0.6) is 0 Å². The van der Waals surface area contributed by atoms with E-state index in [2.05, 4.69) is 10.3 Å². The first-order valence-electron chi connectivity index (χ1n) is 11.1. The van der Waals surface area contributed by atoms with E-state index >= 15 is 0 Å². The quantitative estimate of drug-likeness (QED) is 0.381. The number of nitrogen functional groups attached to an aromatic ring is 1. The van der Waals surface area contributed by atoms with Crippen molar-refractivity contribution in [3.8, 4) is 0 Å². The minimum absolute atomic E-state index is 0.150. The van der Waals surface area contributed by atoms with Crippen LogP contribution < -0.4 is 11.1 Å². The minimum atomic E-state index is -1.07. The summed E-state index contributed by atoms with van der Waals surface area (Å²) in [5.74, 6) is -0.448. The number of benzene rings is 1. The van der Waals surface area contributed by atoms with Crippen LogP contribution in [0.4, 0.5) is 5.82 Å². The Balaban J connectivity index is 1.47. The van der Waals surface area contributed by atoms with Crippen molar-refractivity contribution in [3.63, 3.8) is 0 Å². The molecule has 4 N–H and O–H groups in total. The van der Waals surface area contributed by atoms with E-state index in [-0.39, 0.29) is 19.0 Å². The topological polar surface area (TPSA) is 142 Å². The zero-order chi connectivity index (χ0) is 24.1. The number of pyridine rings is 1. The Morgan fingerprint density at radius 2 is 2.12 bits per heavy atom. The number of nitrogens with two attached hydrogens (primary N) is 1. The van der Waals surface area contributed by atoms with Crippen molar-refractivity contribution >= 4 is 34.9 Å². The number of carbonyl (C=O) groups is 3. The maximum Gasteiger partial charge on any atom is 0.319 e. The molecule has 1 fully saturated rings. The largest absolute Gasteiger partial charge is 0.480 e. The minimum Gasteiger partial charge on any atom is -0.480 e. The number of nitrogens with one attached hydrogen (secondary N) is 1. The van der Waals surface area contributed by atoms with E-state index in [1.807, 2.05) is 30.3 Å². The molecule has 1 saturated heterocycles. The standard InChI is InChI=1S/C24H27N5O5/c25-23-19-12-18(34-21(19)8-9-26-23)13-27-24(33)20-7-4-10-28(20)29(14-22(31)32)17(15-30)11-16-5-2-1-3-6-16/h1-3,5-6,8-9,12,15,17,20H,4,7,10-11,13-14H2,(H2,25,26)(H,27,33)(H,31,32)/t17-,20+/m1/s1. The van der Waals surface area contributed by atoms with Crippen LogP contribution in [-0.4, -0.2) is 63.4 Å². The molecule has 34 heavy (non-hydrogen) atoms. The van der Waals surface area contributed by atoms with Gasteiger partial charge in [0.1, 0.15) is 36.0 Å². The highest BCUT2D eigenvalue weighted by Gasteiger charge is 2.38. The molecule has 10 nitrogen and oxygen atoms in total. The summed E-state index contributed by atoms with van der Waals surface area (Å²) in [5, 5.41) is 16.3. The highest BCUT2D eigenvalue weighted by molar-refractivity contribution is 5.87. The SMILES string of the molecule is Nc1nccc2oc(CNC(=O)[C@@H]3CCCN3N(CC(=O)O)[C@@H](C=O)Cc3ccccc3)cc12. The van der Waals surface area contributed by atoms with Crippen LogP contribution in [0.25, 0.3) is 11.0 Å². The number of fused-ring (bicyclic) bond motifs is 1. The van der Waals surface area contributed by atoms with E-state index in [0.717, 1.165) is 11.8 Å². The van der Waals surface area contributed by atoms with Crippen LogP contribution >= 0.6 is 0 Å². The fourth-order valence-corrected chi connectivity index (χ4v) is 4.36. The number of anilines is 1. The lowest BCUT2D eigenvalue weighted by atomic mass is 10.1. The fraction of sp³-hybridized carbons (Fsp3) is 0.333. The number of hydrazine groups is 1. The van der Waals surface area contributed by atoms with Crippen LogP contribution in [0.2, 0.25) is 0 Å². The molecular formula is C24H27N5O5. The number of aldehydes is 1. The zero-order valence-corrected chi connectivity index (χ0v) is 18.6. The van der Waals surface area contributed by atoms with E-state index in [1.165, 1.54) is 5.01 Å². The molecule has 0 unspecified atom stereocenters. The molecule has 1 aromatic carbocycles. The van der Waals surface area contributed by atoms with Gasteiger partial charge in [-0.2, -0.15) is 0 Å². The van der Waals surface area contributed by atoms with Gasteiger partial charge in [-0.1, -0.05) is 30.3 Å². The first kappa shape index (κ1) is 23.4. The van der Waals surface area contributed by atoms with Crippen molar-refractivity contribution < 1.29 is 23.9 Å². The van der Waals surface area contributed by atoms with Gasteiger partial charge >= 0.3 is 5.97 Å². The van der Waals surface area contributed by atoms with Gasteiger partial charge in [0.15, 0.2) is 0 Å². The highest BCUT2D eigenvalue weighted by atomic mass is 16.4. The predicted molar refractivity (Wildman–Crippen MR) is 124 cm³/mol. The second-order valence-electron chi connectivity index (χ2n) is 8.24. The lowest BCUT2D eigenvalue weighted by molar-refractivity contribution is -0.154. The average Bonchev–Trinajstić information content (AvgIpc) is 3.48. The van der Waals surface area contributed by atoms with Gasteiger partial charge in [-0.3, -0.25) is 9.59 Å². The number of nitrogens with zero attached hydrogens (tertiary/aromatic N) is 3. The Kier molecular flexibility index (Phi) is 7.19. The number of aromatic nitrogens is 1. The summed E-state index contributed by atoms with van der Waals surface area (Å²) in [6.45, 7) is 0.255. The number of carbonyl (C=O) groups excluding carboxylic acids is 2. The molecular weight excluding hydrogens is 438 g/mol. The lowest BCUT2D eigenvalue weighted by Gasteiger charge is -2.38. The van der Waals surface area contributed by atoms with Crippen LogP contribution in [0.15, 0.2) is 53.1 Å². The summed E-state index contributed by atoms with van der Waals surface area (Å²) in [6, 6.07) is 11.5. The van der Waals surface area contributed by atoms with Gasteiger partial charge in [-0.05, 0) is 37.0 Å². The number of amides is 1. The summed E-state index contributed by atoms with van der Waals surface area (Å²) in [6.07, 6.45) is 3.90. The average molecular weight is 466 g/mol. The number of hydrogen-bond acceptors (Lipinski definition) is 8. The Labute approximate surface area is 196 Å². The normalized spacial score (nSPS) is 17.1. The van der Waals surface area contributed by atoms with E-state index in [0.29, 0.717) is 48.4 Å². The van der Waals surface area contributed by atoms with Crippen molar-refractivity contribution in [2.45, 2.75) is 37.9 Å². The second-order valence-corrected chi connectivity index (χ2v) is 8.24. The van der Waals surface area contributed by atoms with Crippen LogP contribution in [0.3, 0.4) is 0 Å². The number of furan rings is 1. The van der Waals surface area contributed by atoms with E-state index in [4.69, 9.17) is 10.2 Å². The van der Waals surface area contributed by atoms with Gasteiger partial charge in [0.2, 0.25) is 5.91 Å². The van der Waals surface area contributed by atoms with Crippen molar-refractivity contribution in [3.05, 3.63) is 60.0 Å². The smallest absolute Gasteiger partial charge is 0.319 e. The van der Waals surface area contributed by atoms with Crippen LogP contribution in [0.1, 0.15) is 24.2 Å². The predicted octanol–water partition coefficient (Wildman–Crippen LogP) is 1.60. The molecule has 1 aliphatic rings. The zero-order valence-electron chi connectivity index (χ0n) is 18.6. The van der Waals surface area contributed by atoms with Crippen molar-refractivity contribution in [2.75, 3.05) is 18.8 Å². The first-order valence-corrected chi connectivity index (χ1v) is 11.1. The maximum absolute atomic E-state index is 13.1. The third-order valence-electron chi connectivity index (χ3n) is 5.95. The van der Waals surface area contributed by atoms with Gasteiger partial charge in [-0.25, -0.2) is 15.0 Å². The number of aliphatic carboxylic acids is 1. The second kappa shape index (κ2) is 10.4. The molecule has 0 radical (unpaired) electrons. The summed E-state index contributed by atoms with van der Waals surface area (Å²) in [5.41, 5.74) is 7.36. The maximum atomic E-state index is 13.1. The van der Waals surface area contributed by atoms with Gasteiger partial charge in [0.05, 0.1) is 18.0 Å².